The van der Waals surface area contributed by atoms with Crippen LogP contribution < -0.4 is 5.32 Å². The Hall–Kier alpha value is -1.65. The predicted molar refractivity (Wildman–Crippen MR) is 78.3 cm³/mol. The van der Waals surface area contributed by atoms with Crippen molar-refractivity contribution >= 4 is 0 Å². The molecule has 0 spiro atoms. The minimum absolute atomic E-state index is 0.514. The lowest BCUT2D eigenvalue weighted by Gasteiger charge is -2.01. The molecule has 0 aliphatic rings. The molecule has 0 atom stereocenters. The van der Waals surface area contributed by atoms with Crippen LogP contribution in [0, 0.1) is 0 Å². The van der Waals surface area contributed by atoms with E-state index in [0.717, 1.165) is 37.4 Å². The van der Waals surface area contributed by atoms with E-state index in [1.54, 1.807) is 12.5 Å². The number of nitrogens with zero attached hydrogens (tertiary/aromatic N) is 1. The van der Waals surface area contributed by atoms with Gasteiger partial charge in [0.15, 0.2) is 0 Å². The van der Waals surface area contributed by atoms with Gasteiger partial charge in [0.25, 0.3) is 0 Å². The quantitative estimate of drug-likeness (QED) is 0.714. The summed E-state index contributed by atoms with van der Waals surface area (Å²) in [6.45, 7) is 5.21. The zero-order chi connectivity index (χ0) is 14.0. The molecular formula is C16H22N2O2. The molecule has 0 aliphatic heterocycles. The van der Waals surface area contributed by atoms with Gasteiger partial charge in [0.2, 0.25) is 0 Å². The number of rotatable bonds is 9. The molecule has 4 heteroatoms. The zero-order valence-corrected chi connectivity index (χ0v) is 12.0. The first-order chi connectivity index (χ1) is 9.88. The molecule has 0 bridgehead atoms. The van der Waals surface area contributed by atoms with Gasteiger partial charge in [-0.3, -0.25) is 4.98 Å². The largest absolute Gasteiger partial charge is 0.467 e. The summed E-state index contributed by atoms with van der Waals surface area (Å²) in [5.74, 6) is 0.874. The van der Waals surface area contributed by atoms with Crippen LogP contribution in [0.4, 0.5) is 0 Å². The Morgan fingerprint density at radius 3 is 3.10 bits per heavy atom. The minimum Gasteiger partial charge on any atom is -0.467 e. The minimum atomic E-state index is 0.514. The number of nitrogens with one attached hydrogen (secondary N) is 1. The van der Waals surface area contributed by atoms with Gasteiger partial charge in [0.1, 0.15) is 12.4 Å². The van der Waals surface area contributed by atoms with Crippen LogP contribution in [0.2, 0.25) is 0 Å². The maximum absolute atomic E-state index is 5.61. The fourth-order valence-corrected chi connectivity index (χ4v) is 1.90. The molecule has 108 valence electrons. The SMILES string of the molecule is CCCNCc1coc(COCCc2ccccn2)c1. The zero-order valence-electron chi connectivity index (χ0n) is 12.0. The van der Waals surface area contributed by atoms with Gasteiger partial charge in [-0.05, 0) is 31.2 Å². The normalized spacial score (nSPS) is 10.8. The highest BCUT2D eigenvalue weighted by Crippen LogP contribution is 2.09. The van der Waals surface area contributed by atoms with Crippen LogP contribution in [0.1, 0.15) is 30.4 Å². The number of aromatic nitrogens is 1. The molecule has 0 radical (unpaired) electrons. The number of furan rings is 1. The van der Waals surface area contributed by atoms with E-state index in [-0.39, 0.29) is 0 Å². The Bertz CT molecular complexity index is 482. The molecule has 0 unspecified atom stereocenters. The van der Waals surface area contributed by atoms with Crippen LogP contribution >= 0.6 is 0 Å². The summed E-state index contributed by atoms with van der Waals surface area (Å²) in [4.78, 5) is 4.26. The third kappa shape index (κ3) is 5.15. The molecule has 1 N–H and O–H groups in total. The number of hydrogen-bond acceptors (Lipinski definition) is 4. The fourth-order valence-electron chi connectivity index (χ4n) is 1.90. The summed E-state index contributed by atoms with van der Waals surface area (Å²) in [5, 5.41) is 3.34. The van der Waals surface area contributed by atoms with Crippen LogP contribution in [0.25, 0.3) is 0 Å². The Kier molecular flexibility index (Phi) is 6.27. The van der Waals surface area contributed by atoms with Gasteiger partial charge in [0.05, 0.1) is 12.9 Å². The average molecular weight is 274 g/mol. The molecule has 2 heterocycles. The second-order valence-electron chi connectivity index (χ2n) is 4.72. The lowest BCUT2D eigenvalue weighted by atomic mass is 10.3. The van der Waals surface area contributed by atoms with Crippen LogP contribution in [-0.4, -0.2) is 18.1 Å². The molecule has 20 heavy (non-hydrogen) atoms. The van der Waals surface area contributed by atoms with Crippen molar-refractivity contribution in [3.8, 4) is 0 Å². The number of hydrogen-bond donors (Lipinski definition) is 1. The summed E-state index contributed by atoms with van der Waals surface area (Å²) in [6.07, 6.45) is 5.56. The van der Waals surface area contributed by atoms with Gasteiger partial charge in [0, 0.05) is 30.4 Å². The summed E-state index contributed by atoms with van der Waals surface area (Å²) < 4.78 is 11.1. The van der Waals surface area contributed by atoms with Gasteiger partial charge in [-0.25, -0.2) is 0 Å². The smallest absolute Gasteiger partial charge is 0.129 e. The molecule has 0 aliphatic carbocycles. The number of pyridine rings is 1. The van der Waals surface area contributed by atoms with Gasteiger partial charge >= 0.3 is 0 Å². The van der Waals surface area contributed by atoms with Crippen LogP contribution in [0.3, 0.4) is 0 Å². The van der Waals surface area contributed by atoms with Crippen molar-refractivity contribution in [2.24, 2.45) is 0 Å². The van der Waals surface area contributed by atoms with Crippen molar-refractivity contribution < 1.29 is 9.15 Å². The van der Waals surface area contributed by atoms with Gasteiger partial charge in [-0.15, -0.1) is 0 Å². The summed E-state index contributed by atoms with van der Waals surface area (Å²) in [5.41, 5.74) is 2.22. The summed E-state index contributed by atoms with van der Waals surface area (Å²) in [6, 6.07) is 7.96. The van der Waals surface area contributed by atoms with E-state index in [1.165, 1.54) is 5.56 Å². The van der Waals surface area contributed by atoms with E-state index >= 15 is 0 Å². The first-order valence-electron chi connectivity index (χ1n) is 7.13. The van der Waals surface area contributed by atoms with Crippen molar-refractivity contribution in [1.82, 2.24) is 10.3 Å². The van der Waals surface area contributed by atoms with E-state index < -0.39 is 0 Å². The molecule has 0 saturated carbocycles. The Morgan fingerprint density at radius 1 is 1.35 bits per heavy atom. The van der Waals surface area contributed by atoms with Crippen molar-refractivity contribution in [1.29, 1.82) is 0 Å². The summed E-state index contributed by atoms with van der Waals surface area (Å²) in [7, 11) is 0. The Labute approximate surface area is 120 Å². The third-order valence-electron chi connectivity index (χ3n) is 2.94. The van der Waals surface area contributed by atoms with Crippen molar-refractivity contribution in [3.63, 3.8) is 0 Å². The molecule has 4 nitrogen and oxygen atoms in total. The van der Waals surface area contributed by atoms with E-state index in [9.17, 15) is 0 Å². The van der Waals surface area contributed by atoms with Crippen LogP contribution in [0.5, 0.6) is 0 Å². The maximum atomic E-state index is 5.61. The molecule has 0 amide bonds. The van der Waals surface area contributed by atoms with E-state index in [1.807, 2.05) is 24.3 Å². The fraction of sp³-hybridized carbons (Fsp3) is 0.438. The standard InChI is InChI=1S/C16H22N2O2/c1-2-7-17-11-14-10-16(20-12-14)13-19-9-6-15-5-3-4-8-18-15/h3-5,8,10,12,17H,2,6-7,9,11,13H2,1H3. The first kappa shape index (κ1) is 14.8. The van der Waals surface area contributed by atoms with Crippen LogP contribution in [-0.2, 0) is 24.3 Å². The molecule has 2 aromatic heterocycles. The highest BCUT2D eigenvalue weighted by atomic mass is 16.5. The van der Waals surface area contributed by atoms with E-state index in [2.05, 4.69) is 17.2 Å². The Balaban J connectivity index is 1.64. The van der Waals surface area contributed by atoms with Crippen molar-refractivity contribution in [2.75, 3.05) is 13.2 Å². The van der Waals surface area contributed by atoms with Gasteiger partial charge in [-0.2, -0.15) is 0 Å². The van der Waals surface area contributed by atoms with Gasteiger partial charge in [-0.1, -0.05) is 13.0 Å². The van der Waals surface area contributed by atoms with E-state index in [4.69, 9.17) is 9.15 Å². The summed E-state index contributed by atoms with van der Waals surface area (Å²) >= 11 is 0. The Morgan fingerprint density at radius 2 is 2.30 bits per heavy atom. The predicted octanol–water partition coefficient (Wildman–Crippen LogP) is 2.93. The number of ether oxygens (including phenoxy) is 1. The molecule has 0 fully saturated rings. The molecule has 2 rings (SSSR count). The lowest BCUT2D eigenvalue weighted by Crippen LogP contribution is -2.13. The van der Waals surface area contributed by atoms with Gasteiger partial charge < -0.3 is 14.5 Å². The second-order valence-corrected chi connectivity index (χ2v) is 4.72. The maximum Gasteiger partial charge on any atom is 0.129 e. The second kappa shape index (κ2) is 8.51. The van der Waals surface area contributed by atoms with Crippen molar-refractivity contribution in [2.45, 2.75) is 32.9 Å². The molecule has 2 aromatic rings. The van der Waals surface area contributed by atoms with Crippen molar-refractivity contribution in [3.05, 3.63) is 53.7 Å². The molecule has 0 saturated heterocycles. The van der Waals surface area contributed by atoms with E-state index in [0.29, 0.717) is 13.2 Å². The highest BCUT2D eigenvalue weighted by Gasteiger charge is 2.02. The monoisotopic (exact) mass is 274 g/mol. The van der Waals surface area contributed by atoms with Crippen LogP contribution in [0.15, 0.2) is 41.1 Å². The molecular weight excluding hydrogens is 252 g/mol. The highest BCUT2D eigenvalue weighted by molar-refractivity contribution is 5.12. The first-order valence-corrected chi connectivity index (χ1v) is 7.13. The third-order valence-corrected chi connectivity index (χ3v) is 2.94. The topological polar surface area (TPSA) is 47.3 Å². The lowest BCUT2D eigenvalue weighted by molar-refractivity contribution is 0.108. The average Bonchev–Trinajstić information content (AvgIpc) is 2.93. The molecule has 0 aromatic carbocycles.